The average Bonchev–Trinajstić information content (AvgIpc) is 2.86. The number of aliphatic hydroxyl groups excluding tert-OH is 1. The normalized spacial score (nSPS) is 21.0. The molecule has 1 aliphatic heterocycles. The summed E-state index contributed by atoms with van der Waals surface area (Å²) in [5.74, 6) is 1.15. The molecule has 11 heteroatoms. The van der Waals surface area contributed by atoms with Gasteiger partial charge >= 0.3 is 11.9 Å². The summed E-state index contributed by atoms with van der Waals surface area (Å²) in [5.41, 5.74) is 0.252. The van der Waals surface area contributed by atoms with Crippen molar-refractivity contribution < 1.29 is 68.3 Å². The van der Waals surface area contributed by atoms with Crippen molar-refractivity contribution in [1.29, 1.82) is 0 Å². The van der Waals surface area contributed by atoms with Crippen molar-refractivity contribution in [3.8, 4) is 17.2 Å². The second kappa shape index (κ2) is 15.4. The zero-order valence-electron chi connectivity index (χ0n) is 20.7. The van der Waals surface area contributed by atoms with Gasteiger partial charge in [0.25, 0.3) is 0 Å². The molecule has 1 amide bonds. The van der Waals surface area contributed by atoms with Crippen LogP contribution < -0.4 is 48.8 Å². The Balaban J connectivity index is 0.00000306. The third kappa shape index (κ3) is 8.39. The number of carbonyl (C=O) groups is 2. The van der Waals surface area contributed by atoms with Crippen molar-refractivity contribution in [2.45, 2.75) is 38.2 Å². The topological polar surface area (TPSA) is 100 Å². The number of quaternary nitrogens is 2. The first kappa shape index (κ1) is 31.3. The fourth-order valence-electron chi connectivity index (χ4n) is 4.86. The quantitative estimate of drug-likeness (QED) is 0.270. The number of benzene rings is 1. The van der Waals surface area contributed by atoms with E-state index < -0.39 is 12.1 Å². The minimum atomic E-state index is -0.776. The third-order valence-corrected chi connectivity index (χ3v) is 6.72. The Labute approximate surface area is 219 Å². The first-order chi connectivity index (χ1) is 16.0. The van der Waals surface area contributed by atoms with Crippen LogP contribution in [0.3, 0.4) is 0 Å². The van der Waals surface area contributed by atoms with Gasteiger partial charge in [0.15, 0.2) is 11.5 Å². The Morgan fingerprint density at radius 2 is 1.51 bits per heavy atom. The van der Waals surface area contributed by atoms with Crippen molar-refractivity contribution in [3.63, 3.8) is 0 Å². The number of halogens is 2. The van der Waals surface area contributed by atoms with E-state index in [1.54, 1.807) is 0 Å². The molecule has 1 aromatic carbocycles. The molecule has 1 unspecified atom stereocenters. The Kier molecular flexibility index (Phi) is 13.7. The summed E-state index contributed by atoms with van der Waals surface area (Å²) in [5, 5.41) is 10.4. The Bertz CT molecular complexity index is 788. The molecule has 200 valence electrons. The first-order valence-corrected chi connectivity index (χ1v) is 11.8. The zero-order valence-corrected chi connectivity index (χ0v) is 22.3. The predicted octanol–water partition coefficient (Wildman–Crippen LogP) is -6.87. The number of methoxy groups -OCH3 is 3. The molecule has 0 bridgehead atoms. The second-order valence-corrected chi connectivity index (χ2v) is 8.92. The number of rotatable bonds is 9. The lowest BCUT2D eigenvalue weighted by molar-refractivity contribution is -0.983. The second-order valence-electron chi connectivity index (χ2n) is 8.92. The third-order valence-electron chi connectivity index (χ3n) is 6.72. The number of amides is 1. The van der Waals surface area contributed by atoms with Gasteiger partial charge in [-0.05, 0) is 25.0 Å². The zero-order chi connectivity index (χ0) is 23.8. The molecule has 2 fully saturated rings. The average molecular weight is 537 g/mol. The van der Waals surface area contributed by atoms with Gasteiger partial charge in [0.2, 0.25) is 5.75 Å². The van der Waals surface area contributed by atoms with Gasteiger partial charge in [-0.2, -0.15) is 0 Å². The summed E-state index contributed by atoms with van der Waals surface area (Å²) >= 11 is 0. The summed E-state index contributed by atoms with van der Waals surface area (Å²) < 4.78 is 21.1. The maximum atomic E-state index is 12.7. The highest BCUT2D eigenvalue weighted by atomic mass is 35.5. The van der Waals surface area contributed by atoms with Gasteiger partial charge in [-0.15, -0.1) is 0 Å². The summed E-state index contributed by atoms with van der Waals surface area (Å²) in [6.07, 6.45) is 4.88. The van der Waals surface area contributed by atoms with Gasteiger partial charge in [-0.25, -0.2) is 9.59 Å². The molecule has 3 rings (SSSR count). The number of hydrogen-bond acceptors (Lipinski definition) is 7. The highest BCUT2D eigenvalue weighted by molar-refractivity contribution is 5.91. The number of aliphatic hydroxyl groups is 1. The molecular weight excluding hydrogens is 499 g/mol. The van der Waals surface area contributed by atoms with E-state index in [0.29, 0.717) is 29.7 Å². The molecule has 35 heavy (non-hydrogen) atoms. The Hall–Kier alpha value is -1.78. The molecule has 0 aromatic heterocycles. The maximum Gasteiger partial charge on any atom is 0.338 e. The predicted molar refractivity (Wildman–Crippen MR) is 120 cm³/mol. The van der Waals surface area contributed by atoms with Crippen LogP contribution in [0.15, 0.2) is 12.1 Å². The van der Waals surface area contributed by atoms with Crippen molar-refractivity contribution in [3.05, 3.63) is 17.7 Å². The molecule has 1 heterocycles. The molecule has 3 N–H and O–H groups in total. The van der Waals surface area contributed by atoms with Crippen LogP contribution in [0.25, 0.3) is 0 Å². The van der Waals surface area contributed by atoms with E-state index in [4.69, 9.17) is 18.9 Å². The lowest BCUT2D eigenvalue weighted by Crippen LogP contribution is -3.29. The minimum absolute atomic E-state index is 0. The maximum absolute atomic E-state index is 12.7. The minimum Gasteiger partial charge on any atom is -1.00 e. The first-order valence-electron chi connectivity index (χ1n) is 11.8. The molecule has 1 saturated heterocycles. The van der Waals surface area contributed by atoms with Gasteiger partial charge < -0.3 is 53.8 Å². The molecule has 1 aromatic rings. The smallest absolute Gasteiger partial charge is 0.338 e. The van der Waals surface area contributed by atoms with Crippen LogP contribution in [0.1, 0.15) is 42.5 Å². The standard InChI is InChI=1S/C24H36N2O7.2ClH/c1-30-20-13-18(14-21(31-2)22(20)32-3)24(29)33-16-19(27)15-25-9-11-26(12-10-25)23(28)17-7-5-4-6-8-17;;/h13-14,17,19,27H,4-12,15-16H2,1-3H3;2*1H. The molecule has 1 aliphatic carbocycles. The van der Waals surface area contributed by atoms with E-state index in [1.165, 1.54) is 57.6 Å². The summed E-state index contributed by atoms with van der Waals surface area (Å²) in [4.78, 5) is 27.6. The van der Waals surface area contributed by atoms with E-state index in [0.717, 1.165) is 43.9 Å². The van der Waals surface area contributed by atoms with E-state index >= 15 is 0 Å². The van der Waals surface area contributed by atoms with Crippen LogP contribution in [0.5, 0.6) is 17.2 Å². The van der Waals surface area contributed by atoms with E-state index in [9.17, 15) is 14.7 Å². The van der Waals surface area contributed by atoms with Gasteiger partial charge in [0, 0.05) is 0 Å². The van der Waals surface area contributed by atoms with Crippen LogP contribution in [0.4, 0.5) is 0 Å². The van der Waals surface area contributed by atoms with E-state index in [-0.39, 0.29) is 42.9 Å². The Morgan fingerprint density at radius 1 is 0.943 bits per heavy atom. The van der Waals surface area contributed by atoms with Gasteiger partial charge in [-0.1, -0.05) is 19.3 Å². The molecule has 0 spiro atoms. The number of hydrogen-bond donors (Lipinski definition) is 3. The number of ether oxygens (including phenoxy) is 4. The molecule has 0 radical (unpaired) electrons. The van der Waals surface area contributed by atoms with E-state index in [2.05, 4.69) is 0 Å². The summed E-state index contributed by atoms with van der Waals surface area (Å²) in [6.45, 7) is 3.62. The van der Waals surface area contributed by atoms with Gasteiger partial charge in [0.1, 0.15) is 45.4 Å². The number of esters is 1. The van der Waals surface area contributed by atoms with Crippen molar-refractivity contribution in [1.82, 2.24) is 0 Å². The number of carbonyl (C=O) groups excluding carboxylic acids is 2. The largest absolute Gasteiger partial charge is 1.00 e. The molecule has 9 nitrogen and oxygen atoms in total. The van der Waals surface area contributed by atoms with Crippen molar-refractivity contribution in [2.24, 2.45) is 5.92 Å². The van der Waals surface area contributed by atoms with Gasteiger partial charge in [0.05, 0.1) is 32.8 Å². The monoisotopic (exact) mass is 536 g/mol. The van der Waals surface area contributed by atoms with Crippen LogP contribution in [0.2, 0.25) is 0 Å². The van der Waals surface area contributed by atoms with Crippen LogP contribution in [-0.4, -0.2) is 83.7 Å². The fraction of sp³-hybridized carbons (Fsp3) is 0.667. The highest BCUT2D eigenvalue weighted by Crippen LogP contribution is 2.38. The number of nitrogens with one attached hydrogen (secondary N) is 2. The van der Waals surface area contributed by atoms with Crippen LogP contribution in [0, 0.1) is 5.92 Å². The highest BCUT2D eigenvalue weighted by Gasteiger charge is 2.34. The Morgan fingerprint density at radius 3 is 2.03 bits per heavy atom. The van der Waals surface area contributed by atoms with Gasteiger partial charge in [-0.3, -0.25) is 4.90 Å². The van der Waals surface area contributed by atoms with Crippen molar-refractivity contribution >= 4 is 11.9 Å². The van der Waals surface area contributed by atoms with E-state index in [1.807, 2.05) is 0 Å². The van der Waals surface area contributed by atoms with Crippen LogP contribution in [-0.2, 0) is 9.53 Å². The SMILES string of the molecule is COc1cc(C(=O)OCC(O)C[NH+]2CC[NH+](C(=O)C3CCCCC3)CC2)cc(OC)c1OC.[Cl-].[Cl-]. The van der Waals surface area contributed by atoms with Crippen LogP contribution >= 0.6 is 0 Å². The number of piperazine rings is 1. The fourth-order valence-corrected chi connectivity index (χ4v) is 4.86. The molecule has 1 atom stereocenters. The summed E-state index contributed by atoms with van der Waals surface area (Å²) in [6, 6.07) is 3.04. The molecule has 2 aliphatic rings. The lowest BCUT2D eigenvalue weighted by Gasteiger charge is -2.31. The van der Waals surface area contributed by atoms with Crippen molar-refractivity contribution in [2.75, 3.05) is 60.7 Å². The summed E-state index contributed by atoms with van der Waals surface area (Å²) in [7, 11) is 4.44. The molecule has 1 saturated carbocycles. The lowest BCUT2D eigenvalue weighted by atomic mass is 9.88. The molecular formula is C24H38Cl2N2O7.